The molecule has 210 valence electrons. The highest BCUT2D eigenvalue weighted by molar-refractivity contribution is 7.14. The van der Waals surface area contributed by atoms with Crippen LogP contribution in [0.3, 0.4) is 0 Å². The van der Waals surface area contributed by atoms with E-state index in [2.05, 4.69) is 34.3 Å². The summed E-state index contributed by atoms with van der Waals surface area (Å²) >= 11 is 1.60. The van der Waals surface area contributed by atoms with Crippen molar-refractivity contribution in [1.82, 2.24) is 25.3 Å². The summed E-state index contributed by atoms with van der Waals surface area (Å²) in [7, 11) is 0. The van der Waals surface area contributed by atoms with Gasteiger partial charge in [0.05, 0.1) is 0 Å². The quantitative estimate of drug-likeness (QED) is 0.367. The van der Waals surface area contributed by atoms with Crippen molar-refractivity contribution in [2.24, 2.45) is 0 Å². The fraction of sp³-hybridized carbons (Fsp3) is 0.484. The Morgan fingerprint density at radius 2 is 1.82 bits per heavy atom. The van der Waals surface area contributed by atoms with Crippen LogP contribution in [0.5, 0.6) is 11.5 Å². The molecule has 3 fully saturated rings. The number of hydrogen-bond donors (Lipinski definition) is 1. The lowest BCUT2D eigenvalue weighted by Gasteiger charge is -2.41. The number of nitrogens with zero attached hydrogens (tertiary/aromatic N) is 4. The summed E-state index contributed by atoms with van der Waals surface area (Å²) in [5, 5.41) is 13.7. The Morgan fingerprint density at radius 1 is 1.05 bits per heavy atom. The third kappa shape index (κ3) is 5.90. The normalized spacial score (nSPS) is 21.2. The maximum Gasteiger partial charge on any atom is 0.251 e. The monoisotopic (exact) mass is 559 g/mol. The van der Waals surface area contributed by atoms with E-state index in [0.29, 0.717) is 42.0 Å². The molecular weight excluding hydrogens is 522 g/mol. The van der Waals surface area contributed by atoms with Gasteiger partial charge in [0.25, 0.3) is 5.91 Å². The highest BCUT2D eigenvalue weighted by Crippen LogP contribution is 2.33. The lowest BCUT2D eigenvalue weighted by atomic mass is 9.85. The van der Waals surface area contributed by atoms with Gasteiger partial charge in [0, 0.05) is 54.2 Å². The first-order valence-corrected chi connectivity index (χ1v) is 15.3. The highest BCUT2D eigenvalue weighted by atomic mass is 32.1. The number of rotatable bonds is 9. The second-order valence-electron chi connectivity index (χ2n) is 11.5. The number of carbonyl (C=O) groups excluding carboxylic acids is 2. The molecule has 3 heterocycles. The Balaban J connectivity index is 1.17. The Kier molecular flexibility index (Phi) is 7.85. The largest absolute Gasteiger partial charge is 0.457 e. The van der Waals surface area contributed by atoms with E-state index < -0.39 is 0 Å². The van der Waals surface area contributed by atoms with E-state index in [9.17, 15) is 9.59 Å². The first-order chi connectivity index (χ1) is 19.4. The summed E-state index contributed by atoms with van der Waals surface area (Å²) in [6.07, 6.45) is 6.07. The first-order valence-electron chi connectivity index (χ1n) is 14.5. The van der Waals surface area contributed by atoms with Gasteiger partial charge in [0.2, 0.25) is 5.91 Å². The summed E-state index contributed by atoms with van der Waals surface area (Å²) in [5.41, 5.74) is 2.45. The van der Waals surface area contributed by atoms with Gasteiger partial charge in [-0.1, -0.05) is 31.3 Å². The smallest absolute Gasteiger partial charge is 0.251 e. The van der Waals surface area contributed by atoms with Gasteiger partial charge in [0.1, 0.15) is 21.5 Å². The van der Waals surface area contributed by atoms with Crippen LogP contribution in [0, 0.1) is 0 Å². The average molecular weight is 560 g/mol. The second-order valence-corrected chi connectivity index (χ2v) is 12.5. The highest BCUT2D eigenvalue weighted by Gasteiger charge is 2.35. The molecule has 8 nitrogen and oxygen atoms in total. The van der Waals surface area contributed by atoms with Crippen LogP contribution in [0.1, 0.15) is 79.2 Å². The average Bonchev–Trinajstić information content (AvgIpc) is 3.70. The van der Waals surface area contributed by atoms with Crippen molar-refractivity contribution in [3.05, 3.63) is 58.6 Å². The zero-order valence-electron chi connectivity index (χ0n) is 23.3. The van der Waals surface area contributed by atoms with Crippen molar-refractivity contribution in [3.8, 4) is 22.1 Å². The number of likely N-dealkylation sites (tertiary alicyclic amines) is 2. The predicted molar refractivity (Wildman–Crippen MR) is 156 cm³/mol. The molecule has 6 rings (SSSR count). The predicted octanol–water partition coefficient (Wildman–Crippen LogP) is 5.60. The molecule has 0 spiro atoms. The van der Waals surface area contributed by atoms with Crippen molar-refractivity contribution >= 4 is 23.2 Å². The number of hydrogen-bond acceptors (Lipinski definition) is 7. The Labute approximate surface area is 239 Å². The third-order valence-electron chi connectivity index (χ3n) is 8.23. The molecular formula is C31H37N5O3S. The minimum absolute atomic E-state index is 0.0777. The van der Waals surface area contributed by atoms with Crippen LogP contribution in [-0.4, -0.2) is 63.5 Å². The Morgan fingerprint density at radius 3 is 2.50 bits per heavy atom. The Bertz CT molecular complexity index is 1360. The van der Waals surface area contributed by atoms with Gasteiger partial charge in [0.15, 0.2) is 0 Å². The van der Waals surface area contributed by atoms with Crippen molar-refractivity contribution in [3.63, 3.8) is 0 Å². The van der Waals surface area contributed by atoms with Gasteiger partial charge in [-0.05, 0) is 81.6 Å². The maximum absolute atomic E-state index is 13.2. The molecule has 3 aliphatic rings. The Hall–Kier alpha value is -3.30. The minimum atomic E-state index is -0.0777. The number of nitrogens with one attached hydrogen (secondary N) is 1. The van der Waals surface area contributed by atoms with E-state index in [1.165, 1.54) is 25.9 Å². The van der Waals surface area contributed by atoms with Gasteiger partial charge < -0.3 is 19.9 Å². The molecule has 1 aliphatic carbocycles. The zero-order valence-corrected chi connectivity index (χ0v) is 24.1. The molecule has 0 unspecified atom stereocenters. The van der Waals surface area contributed by atoms with Gasteiger partial charge in [-0.25, -0.2) is 0 Å². The SMILES string of the molecule is CC(C)c1nnc(-c2ccc(Oc3cc(C(=O)NC4CC(N5CCCC5)C4)ccc3CN3CCCC3=O)cc2)s1. The molecule has 40 heavy (non-hydrogen) atoms. The van der Waals surface area contributed by atoms with E-state index in [1.807, 2.05) is 47.4 Å². The van der Waals surface area contributed by atoms with Crippen LogP contribution in [0.2, 0.25) is 0 Å². The molecule has 2 amide bonds. The minimum Gasteiger partial charge on any atom is -0.457 e. The van der Waals surface area contributed by atoms with Crippen molar-refractivity contribution < 1.29 is 14.3 Å². The number of ether oxygens (including phenoxy) is 1. The van der Waals surface area contributed by atoms with E-state index in [1.54, 1.807) is 11.3 Å². The van der Waals surface area contributed by atoms with Crippen LogP contribution in [0.4, 0.5) is 0 Å². The number of amides is 2. The van der Waals surface area contributed by atoms with Gasteiger partial charge >= 0.3 is 0 Å². The lowest BCUT2D eigenvalue weighted by Crippen LogP contribution is -2.53. The van der Waals surface area contributed by atoms with E-state index in [-0.39, 0.29) is 17.9 Å². The molecule has 1 aromatic heterocycles. The molecule has 3 aromatic rings. The summed E-state index contributed by atoms with van der Waals surface area (Å²) < 4.78 is 6.35. The second kappa shape index (κ2) is 11.7. The van der Waals surface area contributed by atoms with Gasteiger partial charge in [-0.2, -0.15) is 0 Å². The molecule has 1 N–H and O–H groups in total. The number of benzene rings is 2. The first kappa shape index (κ1) is 26.9. The van der Waals surface area contributed by atoms with E-state index >= 15 is 0 Å². The van der Waals surface area contributed by atoms with E-state index in [0.717, 1.165) is 46.9 Å². The van der Waals surface area contributed by atoms with Gasteiger partial charge in [-0.3, -0.25) is 9.59 Å². The third-order valence-corrected chi connectivity index (χ3v) is 9.50. The molecule has 0 atom stereocenters. The summed E-state index contributed by atoms with van der Waals surface area (Å²) in [6.45, 7) is 7.81. The molecule has 2 saturated heterocycles. The maximum atomic E-state index is 13.2. The molecule has 2 aliphatic heterocycles. The van der Waals surface area contributed by atoms with Crippen LogP contribution in [0.15, 0.2) is 42.5 Å². The van der Waals surface area contributed by atoms with E-state index in [4.69, 9.17) is 4.74 Å². The van der Waals surface area contributed by atoms with Crippen molar-refractivity contribution in [2.75, 3.05) is 19.6 Å². The molecule has 9 heteroatoms. The van der Waals surface area contributed by atoms with Crippen molar-refractivity contribution in [2.45, 2.75) is 76.9 Å². The molecule has 1 saturated carbocycles. The summed E-state index contributed by atoms with van der Waals surface area (Å²) in [4.78, 5) is 29.9. The summed E-state index contributed by atoms with van der Waals surface area (Å²) in [5.74, 6) is 1.69. The van der Waals surface area contributed by atoms with Gasteiger partial charge in [-0.15, -0.1) is 10.2 Å². The fourth-order valence-corrected chi connectivity index (χ4v) is 6.61. The topological polar surface area (TPSA) is 87.7 Å². The molecule has 0 radical (unpaired) electrons. The fourth-order valence-electron chi connectivity index (χ4n) is 5.75. The molecule has 0 bridgehead atoms. The van der Waals surface area contributed by atoms with Crippen LogP contribution in [0.25, 0.3) is 10.6 Å². The standard InChI is InChI=1S/C31H37N5O3S/c1-20(2)30-33-34-31(40-30)21-9-11-26(12-10-21)39-27-16-22(7-8-23(27)19-36-15-5-6-28(36)37)29(38)32-24-17-25(18-24)35-13-3-4-14-35/h7-12,16,20,24-25H,3-6,13-15,17-19H2,1-2H3,(H,32,38). The molecule has 2 aromatic carbocycles. The number of aromatic nitrogens is 2. The lowest BCUT2D eigenvalue weighted by molar-refractivity contribution is -0.128. The van der Waals surface area contributed by atoms with Crippen molar-refractivity contribution in [1.29, 1.82) is 0 Å². The van der Waals surface area contributed by atoms with Crippen LogP contribution < -0.4 is 10.1 Å². The van der Waals surface area contributed by atoms with Crippen LogP contribution >= 0.6 is 11.3 Å². The zero-order chi connectivity index (χ0) is 27.6. The van der Waals surface area contributed by atoms with Crippen LogP contribution in [-0.2, 0) is 11.3 Å². The number of carbonyl (C=O) groups is 2. The summed E-state index contributed by atoms with van der Waals surface area (Å²) in [6, 6.07) is 14.2.